The Bertz CT molecular complexity index is 933. The molecule has 0 aliphatic carbocycles. The Kier molecular flexibility index (Phi) is 4.86. The average Bonchev–Trinajstić information content (AvgIpc) is 3.22. The lowest BCUT2D eigenvalue weighted by Gasteiger charge is -2.21. The van der Waals surface area contributed by atoms with Crippen molar-refractivity contribution in [3.63, 3.8) is 0 Å². The largest absolute Gasteiger partial charge is 0.467 e. The molecule has 0 saturated carbocycles. The average molecular weight is 375 g/mol. The number of sulfonamides is 1. The minimum absolute atomic E-state index is 0.0909. The van der Waals surface area contributed by atoms with Crippen molar-refractivity contribution in [3.05, 3.63) is 54.0 Å². The molecule has 0 fully saturated rings. The van der Waals surface area contributed by atoms with Crippen molar-refractivity contribution in [2.75, 3.05) is 11.0 Å². The van der Waals surface area contributed by atoms with Gasteiger partial charge in [0.2, 0.25) is 15.9 Å². The molecule has 3 rings (SSSR count). The van der Waals surface area contributed by atoms with E-state index >= 15 is 0 Å². The maximum Gasteiger partial charge on any atom is 0.245 e. The summed E-state index contributed by atoms with van der Waals surface area (Å²) in [4.78, 5) is 12.6. The van der Waals surface area contributed by atoms with E-state index in [1.54, 1.807) is 30.5 Å². The molecule has 1 aliphatic heterocycles. The molecular weight excluding hydrogens is 354 g/mol. The maximum absolute atomic E-state index is 12.6. The molecule has 1 unspecified atom stereocenters. The first-order valence-corrected chi connectivity index (χ1v) is 10.2. The standard InChI is InChI=1S/C18H21N3O4S/c1-12(2)18(22)21-16(17-8-5-9-25-17)11-15(19-21)13-6-4-7-14(10-13)20-26(3,23)24/h4-10,12,16,20H,11H2,1-3H3. The third kappa shape index (κ3) is 3.96. The van der Waals surface area contributed by atoms with Gasteiger partial charge in [0.25, 0.3) is 0 Å². The van der Waals surface area contributed by atoms with Gasteiger partial charge in [-0.05, 0) is 29.8 Å². The Balaban J connectivity index is 1.94. The number of carbonyl (C=O) groups is 1. The molecule has 7 nitrogen and oxygen atoms in total. The minimum Gasteiger partial charge on any atom is -0.467 e. The topological polar surface area (TPSA) is 92.0 Å². The number of hydrogen-bond donors (Lipinski definition) is 1. The van der Waals surface area contributed by atoms with Crippen molar-refractivity contribution >= 4 is 27.3 Å². The number of furan rings is 1. The lowest BCUT2D eigenvalue weighted by atomic mass is 10.0. The lowest BCUT2D eigenvalue weighted by molar-refractivity contribution is -0.136. The second kappa shape index (κ2) is 6.95. The zero-order valence-electron chi connectivity index (χ0n) is 14.8. The monoisotopic (exact) mass is 375 g/mol. The van der Waals surface area contributed by atoms with Gasteiger partial charge >= 0.3 is 0 Å². The number of hydrazone groups is 1. The van der Waals surface area contributed by atoms with Crippen LogP contribution < -0.4 is 4.72 Å². The van der Waals surface area contributed by atoms with Crippen LogP contribution in [0.1, 0.15) is 37.6 Å². The summed E-state index contributed by atoms with van der Waals surface area (Å²) in [5.41, 5.74) is 1.92. The molecule has 138 valence electrons. The summed E-state index contributed by atoms with van der Waals surface area (Å²) < 4.78 is 30.8. The molecule has 26 heavy (non-hydrogen) atoms. The van der Waals surface area contributed by atoms with Gasteiger partial charge < -0.3 is 4.42 Å². The molecule has 2 aromatic rings. The molecule has 1 N–H and O–H groups in total. The van der Waals surface area contributed by atoms with E-state index in [0.29, 0.717) is 23.6 Å². The van der Waals surface area contributed by atoms with Gasteiger partial charge in [-0.2, -0.15) is 5.10 Å². The van der Waals surface area contributed by atoms with Crippen LogP contribution in [0, 0.1) is 5.92 Å². The molecule has 1 aliphatic rings. The van der Waals surface area contributed by atoms with Crippen LogP contribution in [-0.2, 0) is 14.8 Å². The van der Waals surface area contributed by atoms with Crippen molar-refractivity contribution in [1.29, 1.82) is 0 Å². The molecule has 0 saturated heterocycles. The van der Waals surface area contributed by atoms with Crippen molar-refractivity contribution in [2.45, 2.75) is 26.3 Å². The number of hydrogen-bond acceptors (Lipinski definition) is 5. The Morgan fingerprint density at radius 3 is 2.69 bits per heavy atom. The van der Waals surface area contributed by atoms with E-state index in [2.05, 4.69) is 9.82 Å². The smallest absolute Gasteiger partial charge is 0.245 e. The van der Waals surface area contributed by atoms with E-state index in [0.717, 1.165) is 11.8 Å². The molecule has 1 amide bonds. The fourth-order valence-electron chi connectivity index (χ4n) is 2.83. The van der Waals surface area contributed by atoms with Crippen LogP contribution in [0.15, 0.2) is 52.2 Å². The van der Waals surface area contributed by atoms with Crippen LogP contribution in [0.25, 0.3) is 0 Å². The first-order valence-electron chi connectivity index (χ1n) is 8.27. The van der Waals surface area contributed by atoms with E-state index < -0.39 is 10.0 Å². The fourth-order valence-corrected chi connectivity index (χ4v) is 3.39. The van der Waals surface area contributed by atoms with E-state index in [1.165, 1.54) is 5.01 Å². The van der Waals surface area contributed by atoms with E-state index in [9.17, 15) is 13.2 Å². The summed E-state index contributed by atoms with van der Waals surface area (Å²) in [6, 6.07) is 10.3. The Morgan fingerprint density at radius 1 is 1.31 bits per heavy atom. The summed E-state index contributed by atoms with van der Waals surface area (Å²) in [6.45, 7) is 3.65. The quantitative estimate of drug-likeness (QED) is 0.869. The molecule has 8 heteroatoms. The second-order valence-electron chi connectivity index (χ2n) is 6.57. The van der Waals surface area contributed by atoms with E-state index in [4.69, 9.17) is 4.42 Å². The van der Waals surface area contributed by atoms with Crippen LogP contribution in [0.5, 0.6) is 0 Å². The van der Waals surface area contributed by atoms with Gasteiger partial charge in [0.15, 0.2) is 0 Å². The molecule has 1 aromatic heterocycles. The molecule has 1 aromatic carbocycles. The summed E-state index contributed by atoms with van der Waals surface area (Å²) in [5.74, 6) is 0.378. The first-order chi connectivity index (χ1) is 12.2. The van der Waals surface area contributed by atoms with Crippen LogP contribution in [0.2, 0.25) is 0 Å². The zero-order valence-corrected chi connectivity index (χ0v) is 15.7. The van der Waals surface area contributed by atoms with Crippen LogP contribution in [-0.4, -0.2) is 31.3 Å². The number of nitrogens with zero attached hydrogens (tertiary/aromatic N) is 2. The Morgan fingerprint density at radius 2 is 2.08 bits per heavy atom. The third-order valence-electron chi connectivity index (χ3n) is 4.00. The summed E-state index contributed by atoms with van der Waals surface area (Å²) in [6.07, 6.45) is 3.17. The van der Waals surface area contributed by atoms with Crippen LogP contribution >= 0.6 is 0 Å². The SMILES string of the molecule is CC(C)C(=O)N1N=C(c2cccc(NS(C)(=O)=O)c2)CC1c1ccco1. The van der Waals surface area contributed by atoms with E-state index in [-0.39, 0.29) is 17.9 Å². The van der Waals surface area contributed by atoms with Gasteiger partial charge in [0, 0.05) is 18.0 Å². The van der Waals surface area contributed by atoms with Crippen LogP contribution in [0.4, 0.5) is 5.69 Å². The Hall–Kier alpha value is -2.61. The minimum atomic E-state index is -3.37. The third-order valence-corrected chi connectivity index (χ3v) is 4.61. The second-order valence-corrected chi connectivity index (χ2v) is 8.32. The Labute approximate surface area is 152 Å². The van der Waals surface area contributed by atoms with Gasteiger partial charge in [-0.3, -0.25) is 9.52 Å². The molecule has 1 atom stereocenters. The van der Waals surface area contributed by atoms with Crippen molar-refractivity contribution in [3.8, 4) is 0 Å². The maximum atomic E-state index is 12.6. The number of anilines is 1. The van der Waals surface area contributed by atoms with Gasteiger partial charge in [0.1, 0.15) is 11.8 Å². The molecule has 0 radical (unpaired) electrons. The summed E-state index contributed by atoms with van der Waals surface area (Å²) in [7, 11) is -3.37. The lowest BCUT2D eigenvalue weighted by Crippen LogP contribution is -2.30. The number of amides is 1. The highest BCUT2D eigenvalue weighted by molar-refractivity contribution is 7.92. The molecule has 0 spiro atoms. The summed E-state index contributed by atoms with van der Waals surface area (Å²) in [5, 5.41) is 5.99. The highest BCUT2D eigenvalue weighted by Crippen LogP contribution is 2.34. The van der Waals surface area contributed by atoms with Gasteiger partial charge in [-0.1, -0.05) is 26.0 Å². The number of benzene rings is 1. The van der Waals surface area contributed by atoms with Crippen LogP contribution in [0.3, 0.4) is 0 Å². The van der Waals surface area contributed by atoms with Crippen molar-refractivity contribution in [2.24, 2.45) is 11.0 Å². The normalized spacial score (nSPS) is 17.5. The predicted molar refractivity (Wildman–Crippen MR) is 99.2 cm³/mol. The number of rotatable bonds is 5. The zero-order chi connectivity index (χ0) is 18.9. The predicted octanol–water partition coefficient (Wildman–Crippen LogP) is 2.98. The van der Waals surface area contributed by atoms with Gasteiger partial charge in [-0.25, -0.2) is 13.4 Å². The molecule has 2 heterocycles. The van der Waals surface area contributed by atoms with Gasteiger partial charge in [-0.15, -0.1) is 0 Å². The van der Waals surface area contributed by atoms with Crippen molar-refractivity contribution < 1.29 is 17.6 Å². The molecule has 0 bridgehead atoms. The first kappa shape index (κ1) is 18.2. The summed E-state index contributed by atoms with van der Waals surface area (Å²) >= 11 is 0. The highest BCUT2D eigenvalue weighted by Gasteiger charge is 2.35. The fraction of sp³-hybridized carbons (Fsp3) is 0.333. The van der Waals surface area contributed by atoms with Crippen molar-refractivity contribution in [1.82, 2.24) is 5.01 Å². The number of carbonyl (C=O) groups excluding carboxylic acids is 1. The van der Waals surface area contributed by atoms with Gasteiger partial charge in [0.05, 0.1) is 18.2 Å². The number of nitrogens with one attached hydrogen (secondary N) is 1. The highest BCUT2D eigenvalue weighted by atomic mass is 32.2. The van der Waals surface area contributed by atoms with E-state index in [1.807, 2.05) is 26.0 Å². The molecular formula is C18H21N3O4S.